The summed E-state index contributed by atoms with van der Waals surface area (Å²) < 4.78 is 0. The largest absolute Gasteiger partial charge is 0.396 e. The molecule has 4 nitrogen and oxygen atoms in total. The molecule has 1 aromatic rings. The maximum Gasteiger partial charge on any atom is 0.224 e. The molecular formula is C9H14ClN3O. The highest BCUT2D eigenvalue weighted by atomic mass is 35.5. The third-order valence-electron chi connectivity index (χ3n) is 1.82. The van der Waals surface area contributed by atoms with Crippen LogP contribution < -0.4 is 5.32 Å². The Kier molecular flexibility index (Phi) is 4.62. The van der Waals surface area contributed by atoms with Crippen molar-refractivity contribution in [3.63, 3.8) is 0 Å². The molecule has 0 fully saturated rings. The van der Waals surface area contributed by atoms with Crippen molar-refractivity contribution in [2.75, 3.05) is 11.9 Å². The summed E-state index contributed by atoms with van der Waals surface area (Å²) >= 11 is 5.63. The van der Waals surface area contributed by atoms with Gasteiger partial charge in [-0.3, -0.25) is 0 Å². The molecule has 2 N–H and O–H groups in total. The Bertz CT molecular complexity index is 283. The summed E-state index contributed by atoms with van der Waals surface area (Å²) in [6.45, 7) is 2.25. The van der Waals surface area contributed by atoms with Crippen LogP contribution in [-0.4, -0.2) is 27.7 Å². The molecule has 0 spiro atoms. The van der Waals surface area contributed by atoms with Crippen LogP contribution >= 0.6 is 11.6 Å². The number of hydrogen-bond acceptors (Lipinski definition) is 4. The fourth-order valence-electron chi connectivity index (χ4n) is 1.14. The Morgan fingerprint density at radius 3 is 3.07 bits per heavy atom. The summed E-state index contributed by atoms with van der Waals surface area (Å²) in [5, 5.41) is 12.1. The van der Waals surface area contributed by atoms with Crippen LogP contribution in [0.5, 0.6) is 0 Å². The van der Waals surface area contributed by atoms with E-state index in [0.717, 1.165) is 18.7 Å². The normalized spacial score (nSPS) is 12.5. The SMILES string of the molecule is CC(CCCO)Nc1ccnc(Cl)n1. The van der Waals surface area contributed by atoms with Crippen LogP contribution in [0.25, 0.3) is 0 Å². The first-order chi connectivity index (χ1) is 6.72. The Morgan fingerprint density at radius 2 is 2.43 bits per heavy atom. The van der Waals surface area contributed by atoms with E-state index in [1.165, 1.54) is 0 Å². The molecule has 0 aliphatic rings. The van der Waals surface area contributed by atoms with E-state index in [0.29, 0.717) is 0 Å². The third kappa shape index (κ3) is 3.89. The minimum absolute atomic E-state index is 0.219. The predicted octanol–water partition coefficient (Wildman–Crippen LogP) is 1.70. The number of aliphatic hydroxyl groups is 1. The fourth-order valence-corrected chi connectivity index (χ4v) is 1.28. The molecule has 1 rings (SSSR count). The molecule has 1 unspecified atom stereocenters. The highest BCUT2D eigenvalue weighted by Gasteiger charge is 2.02. The molecule has 14 heavy (non-hydrogen) atoms. The first kappa shape index (κ1) is 11.2. The molecule has 0 bridgehead atoms. The van der Waals surface area contributed by atoms with Crippen LogP contribution in [-0.2, 0) is 0 Å². The second-order valence-corrected chi connectivity index (χ2v) is 3.46. The van der Waals surface area contributed by atoms with E-state index in [1.807, 2.05) is 6.92 Å². The van der Waals surface area contributed by atoms with E-state index >= 15 is 0 Å². The molecule has 0 saturated heterocycles. The van der Waals surface area contributed by atoms with E-state index in [-0.39, 0.29) is 17.9 Å². The summed E-state index contributed by atoms with van der Waals surface area (Å²) in [6, 6.07) is 2.04. The van der Waals surface area contributed by atoms with Gasteiger partial charge in [0.25, 0.3) is 0 Å². The van der Waals surface area contributed by atoms with Crippen molar-refractivity contribution in [1.82, 2.24) is 9.97 Å². The summed E-state index contributed by atoms with van der Waals surface area (Å²) in [5.41, 5.74) is 0. The van der Waals surface area contributed by atoms with Crippen LogP contribution in [0.4, 0.5) is 5.82 Å². The van der Waals surface area contributed by atoms with Gasteiger partial charge in [-0.05, 0) is 37.4 Å². The molecule has 0 aliphatic carbocycles. The van der Waals surface area contributed by atoms with Gasteiger partial charge in [-0.1, -0.05) is 0 Å². The van der Waals surface area contributed by atoms with E-state index in [9.17, 15) is 0 Å². The number of rotatable bonds is 5. The molecule has 1 atom stereocenters. The molecule has 0 aromatic carbocycles. The van der Waals surface area contributed by atoms with E-state index in [4.69, 9.17) is 16.7 Å². The smallest absolute Gasteiger partial charge is 0.224 e. The summed E-state index contributed by atoms with van der Waals surface area (Å²) in [5.74, 6) is 0.718. The van der Waals surface area contributed by atoms with Crippen LogP contribution in [0.1, 0.15) is 19.8 Å². The van der Waals surface area contributed by atoms with Gasteiger partial charge in [-0.2, -0.15) is 0 Å². The van der Waals surface area contributed by atoms with Crippen molar-refractivity contribution in [3.8, 4) is 0 Å². The van der Waals surface area contributed by atoms with Crippen molar-refractivity contribution < 1.29 is 5.11 Å². The number of aliphatic hydroxyl groups excluding tert-OH is 1. The van der Waals surface area contributed by atoms with Gasteiger partial charge in [-0.15, -0.1) is 0 Å². The topological polar surface area (TPSA) is 58.0 Å². The zero-order valence-electron chi connectivity index (χ0n) is 8.07. The lowest BCUT2D eigenvalue weighted by Gasteiger charge is -2.13. The number of nitrogens with zero attached hydrogens (tertiary/aromatic N) is 2. The molecule has 78 valence electrons. The lowest BCUT2D eigenvalue weighted by Crippen LogP contribution is -2.16. The first-order valence-corrected chi connectivity index (χ1v) is 4.96. The molecule has 0 saturated carbocycles. The van der Waals surface area contributed by atoms with E-state index < -0.39 is 0 Å². The maximum atomic E-state index is 8.65. The molecule has 0 radical (unpaired) electrons. The lowest BCUT2D eigenvalue weighted by atomic mass is 10.2. The fraction of sp³-hybridized carbons (Fsp3) is 0.556. The van der Waals surface area contributed by atoms with E-state index in [1.54, 1.807) is 12.3 Å². The van der Waals surface area contributed by atoms with Crippen LogP contribution in [0.3, 0.4) is 0 Å². The Morgan fingerprint density at radius 1 is 1.64 bits per heavy atom. The van der Waals surface area contributed by atoms with Gasteiger partial charge in [0.2, 0.25) is 5.28 Å². The minimum Gasteiger partial charge on any atom is -0.396 e. The molecule has 5 heteroatoms. The van der Waals surface area contributed by atoms with Gasteiger partial charge in [0.15, 0.2) is 0 Å². The van der Waals surface area contributed by atoms with Gasteiger partial charge in [-0.25, -0.2) is 9.97 Å². The second kappa shape index (κ2) is 5.78. The quantitative estimate of drug-likeness (QED) is 0.735. The first-order valence-electron chi connectivity index (χ1n) is 4.58. The zero-order chi connectivity index (χ0) is 10.4. The maximum absolute atomic E-state index is 8.65. The monoisotopic (exact) mass is 215 g/mol. The molecule has 0 aliphatic heterocycles. The lowest BCUT2D eigenvalue weighted by molar-refractivity contribution is 0.282. The zero-order valence-corrected chi connectivity index (χ0v) is 8.83. The average Bonchev–Trinajstić information content (AvgIpc) is 2.15. The number of aromatic nitrogens is 2. The summed E-state index contributed by atoms with van der Waals surface area (Å²) in [4.78, 5) is 7.79. The van der Waals surface area contributed by atoms with Crippen molar-refractivity contribution in [2.45, 2.75) is 25.8 Å². The van der Waals surface area contributed by atoms with Gasteiger partial charge < -0.3 is 10.4 Å². The summed E-state index contributed by atoms with van der Waals surface area (Å²) in [6.07, 6.45) is 3.29. The summed E-state index contributed by atoms with van der Waals surface area (Å²) in [7, 11) is 0. The van der Waals surface area contributed by atoms with Crippen LogP contribution in [0, 0.1) is 0 Å². The highest BCUT2D eigenvalue weighted by Crippen LogP contribution is 2.09. The van der Waals surface area contributed by atoms with Crippen molar-refractivity contribution in [3.05, 3.63) is 17.5 Å². The Balaban J connectivity index is 2.43. The van der Waals surface area contributed by atoms with Crippen LogP contribution in [0.15, 0.2) is 12.3 Å². The predicted molar refractivity (Wildman–Crippen MR) is 56.4 cm³/mol. The van der Waals surface area contributed by atoms with Crippen molar-refractivity contribution >= 4 is 17.4 Å². The molecule has 1 aromatic heterocycles. The number of nitrogens with one attached hydrogen (secondary N) is 1. The average molecular weight is 216 g/mol. The minimum atomic E-state index is 0.219. The number of halogens is 1. The van der Waals surface area contributed by atoms with Gasteiger partial charge in [0, 0.05) is 18.8 Å². The van der Waals surface area contributed by atoms with Crippen molar-refractivity contribution in [1.29, 1.82) is 0 Å². The van der Waals surface area contributed by atoms with Gasteiger partial charge >= 0.3 is 0 Å². The molecule has 0 amide bonds. The van der Waals surface area contributed by atoms with Gasteiger partial charge in [0.1, 0.15) is 5.82 Å². The van der Waals surface area contributed by atoms with Crippen LogP contribution in [0.2, 0.25) is 5.28 Å². The van der Waals surface area contributed by atoms with E-state index in [2.05, 4.69) is 15.3 Å². The third-order valence-corrected chi connectivity index (χ3v) is 2.00. The number of hydrogen-bond donors (Lipinski definition) is 2. The van der Waals surface area contributed by atoms with Gasteiger partial charge in [0.05, 0.1) is 0 Å². The van der Waals surface area contributed by atoms with Crippen molar-refractivity contribution in [2.24, 2.45) is 0 Å². The second-order valence-electron chi connectivity index (χ2n) is 3.12. The Labute approximate surface area is 88.3 Å². The molecule has 1 heterocycles. The molecular weight excluding hydrogens is 202 g/mol. The Hall–Kier alpha value is -0.870. The highest BCUT2D eigenvalue weighted by molar-refractivity contribution is 6.28. The standard InChI is InChI=1S/C9H14ClN3O/c1-7(3-2-6-14)12-8-4-5-11-9(10)13-8/h4-5,7,14H,2-3,6H2,1H3,(H,11,12,13). The number of anilines is 1.